The molecule has 4 rings (SSSR count). The molecule has 0 unspecified atom stereocenters. The van der Waals surface area contributed by atoms with Crippen LogP contribution in [0.3, 0.4) is 0 Å². The molecule has 0 aromatic heterocycles. The van der Waals surface area contributed by atoms with Crippen LogP contribution >= 0.6 is 23.4 Å². The van der Waals surface area contributed by atoms with E-state index in [2.05, 4.69) is 15.0 Å². The largest absolute Gasteiger partial charge is 0.484 e. The van der Waals surface area contributed by atoms with Gasteiger partial charge in [0.2, 0.25) is 0 Å². The normalized spacial score (nSPS) is 13.6. The van der Waals surface area contributed by atoms with Crippen molar-refractivity contribution in [3.8, 4) is 5.75 Å². The Hall–Kier alpha value is -2.75. The van der Waals surface area contributed by atoms with Crippen molar-refractivity contribution in [3.05, 3.63) is 65.7 Å². The molecule has 1 aliphatic heterocycles. The molecule has 1 aliphatic rings. The Balaban J connectivity index is 1.55. The number of fused-ring (bicyclic) bond motifs is 1. The van der Waals surface area contributed by atoms with Gasteiger partial charge in [-0.25, -0.2) is 8.42 Å². The smallest absolute Gasteiger partial charge is 0.264 e. The number of ether oxygens (including phenoxy) is 1. The van der Waals surface area contributed by atoms with Gasteiger partial charge in [-0.05, 0) is 30.3 Å². The molecule has 7 nitrogen and oxygen atoms in total. The summed E-state index contributed by atoms with van der Waals surface area (Å²) in [5.41, 5.74) is 0.488. The molecule has 0 bridgehead atoms. The van der Waals surface area contributed by atoms with Gasteiger partial charge in [0.05, 0.1) is 11.4 Å². The second kappa shape index (κ2) is 9.17. The summed E-state index contributed by atoms with van der Waals surface area (Å²) in [4.78, 5) is 16.7. The predicted octanol–water partition coefficient (Wildman–Crippen LogP) is 3.89. The summed E-state index contributed by atoms with van der Waals surface area (Å²) >= 11 is 7.28. The molecule has 0 fully saturated rings. The van der Waals surface area contributed by atoms with E-state index in [1.807, 2.05) is 0 Å². The van der Waals surface area contributed by atoms with Crippen LogP contribution in [0.1, 0.15) is 0 Å². The van der Waals surface area contributed by atoms with Crippen LogP contribution in [0.2, 0.25) is 5.02 Å². The molecule has 0 saturated heterocycles. The maximum Gasteiger partial charge on any atom is 0.264 e. The van der Waals surface area contributed by atoms with Gasteiger partial charge in [0.25, 0.3) is 15.9 Å². The number of amides is 1. The van der Waals surface area contributed by atoms with Crippen LogP contribution in [0.5, 0.6) is 5.75 Å². The molecule has 0 radical (unpaired) electrons. The average molecular weight is 476 g/mol. The number of hydrogen-bond donors (Lipinski definition) is 2. The molecule has 160 valence electrons. The average Bonchev–Trinajstić information content (AvgIpc) is 3.25. The van der Waals surface area contributed by atoms with E-state index in [1.54, 1.807) is 54.6 Å². The minimum Gasteiger partial charge on any atom is -0.484 e. The van der Waals surface area contributed by atoms with Gasteiger partial charge in [-0.1, -0.05) is 53.7 Å². The lowest BCUT2D eigenvalue weighted by Crippen LogP contribution is -2.28. The summed E-state index contributed by atoms with van der Waals surface area (Å²) in [7, 11) is -3.82. The fourth-order valence-corrected chi connectivity index (χ4v) is 5.50. The standard InChI is InChI=1S/C21H18ClN3O4S2/c22-14-4-3-5-15(12-14)29-13-20(26)24-18-8-9-19(17-7-2-1-6-16(17)18)31(27,28)25-21-23-10-11-30-21/h1-9,12H,10-11,13H2,(H,23,25)(H,24,26). The Morgan fingerprint density at radius 1 is 1.10 bits per heavy atom. The first-order valence-corrected chi connectivity index (χ1v) is 12.2. The second-order valence-corrected chi connectivity index (χ2v) is 9.76. The van der Waals surface area contributed by atoms with E-state index >= 15 is 0 Å². The second-order valence-electron chi connectivity index (χ2n) is 6.59. The van der Waals surface area contributed by atoms with Crippen LogP contribution < -0.4 is 14.8 Å². The highest BCUT2D eigenvalue weighted by molar-refractivity contribution is 8.15. The minimum atomic E-state index is -3.82. The number of carbonyl (C=O) groups excluding carboxylic acids is 1. The fourth-order valence-electron chi connectivity index (χ4n) is 3.07. The van der Waals surface area contributed by atoms with Crippen molar-refractivity contribution in [1.82, 2.24) is 4.72 Å². The lowest BCUT2D eigenvalue weighted by atomic mass is 10.1. The molecular formula is C21H18ClN3O4S2. The molecule has 0 atom stereocenters. The number of hydrogen-bond acceptors (Lipinski definition) is 6. The minimum absolute atomic E-state index is 0.117. The van der Waals surface area contributed by atoms with Crippen molar-refractivity contribution in [2.75, 3.05) is 24.2 Å². The van der Waals surface area contributed by atoms with E-state index in [1.165, 1.54) is 17.8 Å². The molecule has 31 heavy (non-hydrogen) atoms. The van der Waals surface area contributed by atoms with E-state index in [-0.39, 0.29) is 17.4 Å². The number of halogens is 1. The maximum atomic E-state index is 12.9. The summed E-state index contributed by atoms with van der Waals surface area (Å²) in [5.74, 6) is 0.851. The Labute approximate surface area is 188 Å². The zero-order valence-corrected chi connectivity index (χ0v) is 18.6. The van der Waals surface area contributed by atoms with Crippen molar-refractivity contribution in [3.63, 3.8) is 0 Å². The van der Waals surface area contributed by atoms with E-state index in [0.29, 0.717) is 38.9 Å². The lowest BCUT2D eigenvalue weighted by Gasteiger charge is -2.14. The van der Waals surface area contributed by atoms with Gasteiger partial charge in [0.15, 0.2) is 11.8 Å². The summed E-state index contributed by atoms with van der Waals surface area (Å²) in [5, 5.41) is 4.77. The zero-order chi connectivity index (χ0) is 21.8. The predicted molar refractivity (Wildman–Crippen MR) is 125 cm³/mol. The first-order valence-electron chi connectivity index (χ1n) is 9.32. The lowest BCUT2D eigenvalue weighted by molar-refractivity contribution is -0.118. The summed E-state index contributed by atoms with van der Waals surface area (Å²) < 4.78 is 33.8. The van der Waals surface area contributed by atoms with Crippen LogP contribution in [-0.4, -0.2) is 38.4 Å². The SMILES string of the molecule is O=C(COc1cccc(Cl)c1)Nc1ccc(S(=O)(=O)NC2=NCCS2)c2ccccc12. The Morgan fingerprint density at radius 2 is 1.90 bits per heavy atom. The number of carbonyl (C=O) groups is 1. The van der Waals surface area contributed by atoms with Crippen molar-refractivity contribution in [1.29, 1.82) is 0 Å². The van der Waals surface area contributed by atoms with Crippen LogP contribution in [-0.2, 0) is 14.8 Å². The molecule has 3 aromatic carbocycles. The number of rotatable bonds is 6. The van der Waals surface area contributed by atoms with Gasteiger partial charge in [-0.2, -0.15) is 0 Å². The molecule has 1 amide bonds. The van der Waals surface area contributed by atoms with E-state index in [0.717, 1.165) is 5.75 Å². The van der Waals surface area contributed by atoms with Crippen LogP contribution in [0.15, 0.2) is 70.6 Å². The Kier molecular flexibility index (Phi) is 6.35. The third-order valence-corrected chi connectivity index (χ3v) is 7.07. The molecule has 2 N–H and O–H groups in total. The number of sulfonamides is 1. The molecule has 3 aromatic rings. The Bertz CT molecular complexity index is 1280. The fraction of sp³-hybridized carbons (Fsp3) is 0.143. The molecule has 0 saturated carbocycles. The molecule has 0 spiro atoms. The quantitative estimate of drug-likeness (QED) is 0.563. The highest BCUT2D eigenvalue weighted by Crippen LogP contribution is 2.30. The highest BCUT2D eigenvalue weighted by Gasteiger charge is 2.22. The highest BCUT2D eigenvalue weighted by atomic mass is 35.5. The molecule has 0 aliphatic carbocycles. The van der Waals surface area contributed by atoms with Crippen LogP contribution in [0.25, 0.3) is 10.8 Å². The number of anilines is 1. The number of aliphatic imine (C=N–C) groups is 1. The van der Waals surface area contributed by atoms with Crippen LogP contribution in [0, 0.1) is 0 Å². The molecular weight excluding hydrogens is 458 g/mol. The van der Waals surface area contributed by atoms with E-state index < -0.39 is 10.0 Å². The van der Waals surface area contributed by atoms with Crippen molar-refractivity contribution in [2.24, 2.45) is 4.99 Å². The summed E-state index contributed by atoms with van der Waals surface area (Å²) in [6.45, 7) is 0.374. The van der Waals surface area contributed by atoms with Crippen molar-refractivity contribution < 1.29 is 17.9 Å². The monoisotopic (exact) mass is 475 g/mol. The third kappa shape index (κ3) is 5.12. The molecule has 10 heteroatoms. The number of amidine groups is 1. The van der Waals surface area contributed by atoms with E-state index in [9.17, 15) is 13.2 Å². The number of benzene rings is 3. The van der Waals surface area contributed by atoms with Crippen molar-refractivity contribution in [2.45, 2.75) is 4.90 Å². The van der Waals surface area contributed by atoms with Gasteiger partial charge in [0.1, 0.15) is 5.75 Å². The first kappa shape index (κ1) is 21.5. The van der Waals surface area contributed by atoms with Gasteiger partial charge in [-0.15, -0.1) is 0 Å². The summed E-state index contributed by atoms with van der Waals surface area (Å²) in [6.07, 6.45) is 0. The number of nitrogens with zero attached hydrogens (tertiary/aromatic N) is 1. The summed E-state index contributed by atoms with van der Waals surface area (Å²) in [6, 6.07) is 16.8. The third-order valence-electron chi connectivity index (χ3n) is 4.42. The zero-order valence-electron chi connectivity index (χ0n) is 16.2. The van der Waals surface area contributed by atoms with Crippen molar-refractivity contribution >= 4 is 60.9 Å². The van der Waals surface area contributed by atoms with Crippen LogP contribution in [0.4, 0.5) is 5.69 Å². The molecule has 1 heterocycles. The van der Waals surface area contributed by atoms with Gasteiger partial charge >= 0.3 is 0 Å². The maximum absolute atomic E-state index is 12.9. The van der Waals surface area contributed by atoms with Gasteiger partial charge in [-0.3, -0.25) is 14.5 Å². The number of nitrogens with one attached hydrogen (secondary N) is 2. The van der Waals surface area contributed by atoms with E-state index in [4.69, 9.17) is 16.3 Å². The number of thioether (sulfide) groups is 1. The van der Waals surface area contributed by atoms with Gasteiger partial charge < -0.3 is 10.1 Å². The van der Waals surface area contributed by atoms with Gasteiger partial charge in [0, 0.05) is 27.2 Å². The Morgan fingerprint density at radius 3 is 2.65 bits per heavy atom. The topological polar surface area (TPSA) is 96.9 Å². The first-order chi connectivity index (χ1) is 14.9.